The molecule has 0 aliphatic carbocycles. The maximum Gasteiger partial charge on any atom is 0.143 e. The number of hydrogen-bond acceptors (Lipinski definition) is 2. The first-order chi connectivity index (χ1) is 26.8. The van der Waals surface area contributed by atoms with Crippen molar-refractivity contribution in [1.29, 1.82) is 0 Å². The minimum Gasteiger partial charge on any atom is -0.455 e. The van der Waals surface area contributed by atoms with E-state index < -0.39 is 0 Å². The monoisotopic (exact) mass is 689 g/mol. The van der Waals surface area contributed by atoms with Crippen LogP contribution in [0.5, 0.6) is 0 Å². The smallest absolute Gasteiger partial charge is 0.143 e. The van der Waals surface area contributed by atoms with Gasteiger partial charge in [0, 0.05) is 33.2 Å². The number of benzene rings is 9. The van der Waals surface area contributed by atoms with Crippen molar-refractivity contribution in [1.82, 2.24) is 0 Å². The maximum atomic E-state index is 6.78. The zero-order chi connectivity index (χ0) is 35.8. The third-order valence-corrected chi connectivity index (χ3v) is 10.5. The molecule has 1 heterocycles. The highest BCUT2D eigenvalue weighted by atomic mass is 16.3. The lowest BCUT2D eigenvalue weighted by Gasteiger charge is -2.30. The van der Waals surface area contributed by atoms with Crippen LogP contribution in [0.2, 0.25) is 0 Å². The second-order valence-corrected chi connectivity index (χ2v) is 13.7. The van der Waals surface area contributed by atoms with E-state index in [1.807, 2.05) is 0 Å². The lowest BCUT2D eigenvalue weighted by molar-refractivity contribution is 0.670. The molecule has 0 aliphatic rings. The van der Waals surface area contributed by atoms with Crippen molar-refractivity contribution in [3.05, 3.63) is 212 Å². The summed E-state index contributed by atoms with van der Waals surface area (Å²) in [7, 11) is 0. The van der Waals surface area contributed by atoms with Crippen LogP contribution in [-0.2, 0) is 0 Å². The van der Waals surface area contributed by atoms with E-state index in [9.17, 15) is 0 Å². The first-order valence-corrected chi connectivity index (χ1v) is 18.4. The Hall–Kier alpha value is -7.16. The van der Waals surface area contributed by atoms with Crippen LogP contribution in [0.4, 0.5) is 17.1 Å². The molecular weight excluding hydrogens is 655 g/mol. The predicted octanol–water partition coefficient (Wildman–Crippen LogP) is 14.9. The molecule has 1 aromatic heterocycles. The van der Waals surface area contributed by atoms with Gasteiger partial charge in [-0.2, -0.15) is 0 Å². The highest BCUT2D eigenvalue weighted by molar-refractivity contribution is 6.14. The zero-order valence-electron chi connectivity index (χ0n) is 29.6. The highest BCUT2D eigenvalue weighted by Gasteiger charge is 2.22. The van der Waals surface area contributed by atoms with E-state index in [4.69, 9.17) is 4.42 Å². The molecule has 254 valence electrons. The average molecular weight is 690 g/mol. The van der Waals surface area contributed by atoms with E-state index in [0.29, 0.717) is 0 Å². The van der Waals surface area contributed by atoms with Gasteiger partial charge in [-0.05, 0) is 75.0 Å². The minimum atomic E-state index is 0.888. The average Bonchev–Trinajstić information content (AvgIpc) is 3.62. The van der Waals surface area contributed by atoms with Gasteiger partial charge in [0.05, 0.1) is 11.4 Å². The van der Waals surface area contributed by atoms with E-state index in [1.165, 1.54) is 33.0 Å². The summed E-state index contributed by atoms with van der Waals surface area (Å²) in [5.41, 5.74) is 14.2. The fraction of sp³-hybridized carbons (Fsp3) is 0. The van der Waals surface area contributed by atoms with Crippen molar-refractivity contribution in [2.24, 2.45) is 0 Å². The predicted molar refractivity (Wildman–Crippen MR) is 228 cm³/mol. The number of hydrogen-bond donors (Lipinski definition) is 0. The summed E-state index contributed by atoms with van der Waals surface area (Å²) in [4.78, 5) is 2.40. The van der Waals surface area contributed by atoms with Crippen molar-refractivity contribution in [3.63, 3.8) is 0 Å². The molecule has 54 heavy (non-hydrogen) atoms. The first-order valence-electron chi connectivity index (χ1n) is 18.4. The third-order valence-electron chi connectivity index (χ3n) is 10.5. The Morgan fingerprint density at radius 2 is 0.796 bits per heavy atom. The summed E-state index contributed by atoms with van der Waals surface area (Å²) in [6.45, 7) is 0. The zero-order valence-corrected chi connectivity index (χ0v) is 29.6. The van der Waals surface area contributed by atoms with Gasteiger partial charge in [0.2, 0.25) is 0 Å². The van der Waals surface area contributed by atoms with Crippen LogP contribution < -0.4 is 4.90 Å². The molecule has 0 radical (unpaired) electrons. The molecule has 0 spiro atoms. The van der Waals surface area contributed by atoms with Gasteiger partial charge in [-0.15, -0.1) is 0 Å². The van der Waals surface area contributed by atoms with E-state index in [0.717, 1.165) is 61.3 Å². The molecule has 0 saturated carbocycles. The van der Waals surface area contributed by atoms with Gasteiger partial charge >= 0.3 is 0 Å². The maximum absolute atomic E-state index is 6.78. The number of anilines is 3. The van der Waals surface area contributed by atoms with Crippen molar-refractivity contribution < 1.29 is 4.42 Å². The summed E-state index contributed by atoms with van der Waals surface area (Å²) >= 11 is 0. The summed E-state index contributed by atoms with van der Waals surface area (Å²) in [6, 6.07) is 75.8. The van der Waals surface area contributed by atoms with E-state index >= 15 is 0 Å². The first kappa shape index (κ1) is 31.6. The van der Waals surface area contributed by atoms with Gasteiger partial charge in [0.1, 0.15) is 11.2 Å². The molecule has 2 nitrogen and oxygen atoms in total. The number of nitrogens with zero attached hydrogens (tertiary/aromatic N) is 1. The molecule has 0 unspecified atom stereocenters. The lowest BCUT2D eigenvalue weighted by atomic mass is 9.96. The van der Waals surface area contributed by atoms with Gasteiger partial charge in [-0.25, -0.2) is 0 Å². The highest BCUT2D eigenvalue weighted by Crippen LogP contribution is 2.47. The molecular formula is C52H35NO. The standard InChI is InChI=1S/C52H35NO/c1-3-14-36(15-4-1)38-26-28-40(29-27-38)44-20-9-11-24-49(44)53(43-32-30-39(31-33-43)37-16-5-2-6-17-37)50-25-12-10-21-45(50)46-22-13-23-47-48-34-41-18-7-8-19-42(41)35-51(48)54-52(46)47/h1-35H. The molecule has 0 N–H and O–H groups in total. The fourth-order valence-corrected chi connectivity index (χ4v) is 7.82. The van der Waals surface area contributed by atoms with E-state index in [2.05, 4.69) is 217 Å². The van der Waals surface area contributed by atoms with Gasteiger partial charge in [-0.1, -0.05) is 176 Å². The summed E-state index contributed by atoms with van der Waals surface area (Å²) in [5, 5.41) is 4.61. The normalized spacial score (nSPS) is 11.3. The molecule has 0 bridgehead atoms. The number of furan rings is 1. The van der Waals surface area contributed by atoms with Gasteiger partial charge < -0.3 is 9.32 Å². The second-order valence-electron chi connectivity index (χ2n) is 13.7. The van der Waals surface area contributed by atoms with Crippen molar-refractivity contribution >= 4 is 49.8 Å². The SMILES string of the molecule is c1ccc(-c2ccc(-c3ccccc3N(c3ccc(-c4ccccc4)cc3)c3ccccc3-c3cccc4c3oc3cc5ccccc5cc34)cc2)cc1. The summed E-state index contributed by atoms with van der Waals surface area (Å²) in [6.07, 6.45) is 0. The second kappa shape index (κ2) is 13.4. The van der Waals surface area contributed by atoms with E-state index in [1.54, 1.807) is 0 Å². The molecule has 2 heteroatoms. The Labute approximate surface area is 314 Å². The fourth-order valence-electron chi connectivity index (χ4n) is 7.82. The summed E-state index contributed by atoms with van der Waals surface area (Å²) in [5.74, 6) is 0. The van der Waals surface area contributed by atoms with Crippen LogP contribution in [0.3, 0.4) is 0 Å². The van der Waals surface area contributed by atoms with Gasteiger partial charge in [-0.3, -0.25) is 0 Å². The largest absolute Gasteiger partial charge is 0.455 e. The Morgan fingerprint density at radius 3 is 1.46 bits per heavy atom. The summed E-state index contributed by atoms with van der Waals surface area (Å²) < 4.78 is 6.78. The number of rotatable bonds is 7. The molecule has 10 rings (SSSR count). The third kappa shape index (κ3) is 5.62. The van der Waals surface area contributed by atoms with Crippen molar-refractivity contribution in [2.75, 3.05) is 4.90 Å². The van der Waals surface area contributed by atoms with Crippen molar-refractivity contribution in [3.8, 4) is 44.5 Å². The van der Waals surface area contributed by atoms with Crippen LogP contribution in [0.25, 0.3) is 77.2 Å². The molecule has 0 atom stereocenters. The number of para-hydroxylation sites is 3. The Balaban J connectivity index is 1.16. The Bertz CT molecular complexity index is 2910. The van der Waals surface area contributed by atoms with Gasteiger partial charge in [0.25, 0.3) is 0 Å². The topological polar surface area (TPSA) is 16.4 Å². The molecule has 10 aromatic rings. The minimum absolute atomic E-state index is 0.888. The van der Waals surface area contributed by atoms with Crippen molar-refractivity contribution in [2.45, 2.75) is 0 Å². The van der Waals surface area contributed by atoms with Crippen LogP contribution in [0, 0.1) is 0 Å². The molecule has 9 aromatic carbocycles. The van der Waals surface area contributed by atoms with Crippen LogP contribution in [0.15, 0.2) is 217 Å². The molecule has 0 fully saturated rings. The number of fused-ring (bicyclic) bond motifs is 4. The Kier molecular flexibility index (Phi) is 7.85. The Morgan fingerprint density at radius 1 is 0.315 bits per heavy atom. The van der Waals surface area contributed by atoms with Crippen LogP contribution in [0.1, 0.15) is 0 Å². The molecule has 0 amide bonds. The lowest BCUT2D eigenvalue weighted by Crippen LogP contribution is -2.12. The molecule has 0 aliphatic heterocycles. The van der Waals surface area contributed by atoms with Crippen LogP contribution in [-0.4, -0.2) is 0 Å². The quantitative estimate of drug-likeness (QED) is 0.166. The van der Waals surface area contributed by atoms with Crippen LogP contribution >= 0.6 is 0 Å². The molecule has 0 saturated heterocycles. The van der Waals surface area contributed by atoms with Gasteiger partial charge in [0.15, 0.2) is 0 Å². The van der Waals surface area contributed by atoms with E-state index in [-0.39, 0.29) is 0 Å².